The lowest BCUT2D eigenvalue weighted by Crippen LogP contribution is -2.25. The zero-order valence-electron chi connectivity index (χ0n) is 22.1. The van der Waals surface area contributed by atoms with E-state index in [2.05, 4.69) is 72.2 Å². The SMILES string of the molecule is c1ccc(Cn2cc(CN(Cc3cn(Cc4ccccc4)nn3)Cc3cnnn3Cc3ccccc3)nn2)cc1. The lowest BCUT2D eigenvalue weighted by molar-refractivity contribution is 0.234. The number of aromatic nitrogens is 9. The molecule has 0 saturated carbocycles. The van der Waals surface area contributed by atoms with Gasteiger partial charge in [0.05, 0.1) is 55.3 Å². The second-order valence-corrected chi connectivity index (χ2v) is 9.80. The molecule has 0 spiro atoms. The van der Waals surface area contributed by atoms with Gasteiger partial charge in [-0.15, -0.1) is 15.3 Å². The van der Waals surface area contributed by atoms with Crippen molar-refractivity contribution in [3.8, 4) is 0 Å². The van der Waals surface area contributed by atoms with Gasteiger partial charge in [-0.3, -0.25) is 4.90 Å². The summed E-state index contributed by atoms with van der Waals surface area (Å²) in [4.78, 5) is 2.27. The first-order valence-corrected chi connectivity index (χ1v) is 13.3. The fourth-order valence-electron chi connectivity index (χ4n) is 4.66. The molecule has 3 aromatic heterocycles. The molecule has 40 heavy (non-hydrogen) atoms. The van der Waals surface area contributed by atoms with Crippen LogP contribution in [0.3, 0.4) is 0 Å². The van der Waals surface area contributed by atoms with Crippen molar-refractivity contribution in [2.24, 2.45) is 0 Å². The van der Waals surface area contributed by atoms with Crippen molar-refractivity contribution in [2.75, 3.05) is 0 Å². The minimum absolute atomic E-state index is 0.594. The third kappa shape index (κ3) is 6.72. The maximum atomic E-state index is 4.47. The van der Waals surface area contributed by atoms with Crippen LogP contribution >= 0.6 is 0 Å². The molecule has 10 nitrogen and oxygen atoms in total. The van der Waals surface area contributed by atoms with Crippen molar-refractivity contribution in [3.05, 3.63) is 143 Å². The second kappa shape index (κ2) is 12.3. The fourth-order valence-corrected chi connectivity index (χ4v) is 4.66. The Kier molecular flexibility index (Phi) is 7.77. The molecule has 10 heteroatoms. The van der Waals surface area contributed by atoms with Gasteiger partial charge in [0.15, 0.2) is 0 Å². The Morgan fingerprint density at radius 1 is 0.525 bits per heavy atom. The van der Waals surface area contributed by atoms with E-state index in [-0.39, 0.29) is 0 Å². The summed E-state index contributed by atoms with van der Waals surface area (Å²) in [5, 5.41) is 26.2. The minimum atomic E-state index is 0.594. The Balaban J connectivity index is 1.19. The molecule has 3 aromatic carbocycles. The highest BCUT2D eigenvalue weighted by Gasteiger charge is 2.16. The van der Waals surface area contributed by atoms with E-state index in [1.807, 2.05) is 87.2 Å². The molecule has 0 saturated heterocycles. The average molecular weight is 531 g/mol. The summed E-state index contributed by atoms with van der Waals surface area (Å²) in [6.07, 6.45) is 5.84. The van der Waals surface area contributed by atoms with Crippen molar-refractivity contribution in [3.63, 3.8) is 0 Å². The highest BCUT2D eigenvalue weighted by Crippen LogP contribution is 2.14. The molecule has 0 bridgehead atoms. The molecular formula is C30H30N10. The zero-order valence-corrected chi connectivity index (χ0v) is 22.1. The molecule has 0 aliphatic carbocycles. The van der Waals surface area contributed by atoms with Crippen molar-refractivity contribution in [1.82, 2.24) is 49.9 Å². The molecule has 0 N–H and O–H groups in total. The molecule has 0 aliphatic heterocycles. The van der Waals surface area contributed by atoms with E-state index >= 15 is 0 Å². The molecule has 6 rings (SSSR count). The molecule has 200 valence electrons. The number of hydrogen-bond acceptors (Lipinski definition) is 7. The van der Waals surface area contributed by atoms with Gasteiger partial charge in [0.1, 0.15) is 0 Å². The number of rotatable bonds is 12. The van der Waals surface area contributed by atoms with Gasteiger partial charge in [-0.05, 0) is 16.7 Å². The molecule has 0 fully saturated rings. The number of nitrogens with zero attached hydrogens (tertiary/aromatic N) is 10. The Morgan fingerprint density at radius 3 is 1.50 bits per heavy atom. The molecule has 0 aliphatic rings. The first kappa shape index (κ1) is 25.3. The van der Waals surface area contributed by atoms with Crippen LogP contribution in [0.4, 0.5) is 0 Å². The third-order valence-corrected chi connectivity index (χ3v) is 6.58. The summed E-state index contributed by atoms with van der Waals surface area (Å²) in [6.45, 7) is 3.82. The van der Waals surface area contributed by atoms with Gasteiger partial charge in [-0.2, -0.15) is 0 Å². The maximum absolute atomic E-state index is 4.47. The summed E-state index contributed by atoms with van der Waals surface area (Å²) >= 11 is 0. The highest BCUT2D eigenvalue weighted by molar-refractivity contribution is 5.17. The van der Waals surface area contributed by atoms with Crippen molar-refractivity contribution in [2.45, 2.75) is 39.3 Å². The van der Waals surface area contributed by atoms with Crippen LogP contribution in [-0.4, -0.2) is 49.9 Å². The molecule has 6 aromatic rings. The summed E-state index contributed by atoms with van der Waals surface area (Å²) in [6, 6.07) is 30.8. The quantitative estimate of drug-likeness (QED) is 0.237. The van der Waals surface area contributed by atoms with Crippen molar-refractivity contribution >= 4 is 0 Å². The summed E-state index contributed by atoms with van der Waals surface area (Å²) in [7, 11) is 0. The lowest BCUT2D eigenvalue weighted by atomic mass is 10.2. The van der Waals surface area contributed by atoms with Crippen LogP contribution in [-0.2, 0) is 39.3 Å². The monoisotopic (exact) mass is 530 g/mol. The van der Waals surface area contributed by atoms with Crippen LogP contribution in [0.15, 0.2) is 110 Å². The second-order valence-electron chi connectivity index (χ2n) is 9.80. The Labute approximate surface area is 232 Å². The van der Waals surface area contributed by atoms with Crippen LogP contribution in [0.5, 0.6) is 0 Å². The predicted octanol–water partition coefficient (Wildman–Crippen LogP) is 3.81. The average Bonchev–Trinajstić information content (AvgIpc) is 3.73. The Hall–Kier alpha value is -4.96. The van der Waals surface area contributed by atoms with Crippen LogP contribution in [0.1, 0.15) is 33.8 Å². The fraction of sp³-hybridized carbons (Fsp3) is 0.200. The van der Waals surface area contributed by atoms with E-state index in [1.54, 1.807) is 0 Å². The first-order valence-electron chi connectivity index (χ1n) is 13.3. The van der Waals surface area contributed by atoms with E-state index in [9.17, 15) is 0 Å². The number of hydrogen-bond donors (Lipinski definition) is 0. The first-order chi connectivity index (χ1) is 19.8. The topological polar surface area (TPSA) is 95.4 Å². The Morgan fingerprint density at radius 2 is 1.00 bits per heavy atom. The third-order valence-electron chi connectivity index (χ3n) is 6.58. The largest absolute Gasteiger partial charge is 0.286 e. The molecule has 0 amide bonds. The maximum Gasteiger partial charge on any atom is 0.0967 e. The molecule has 0 atom stereocenters. The van der Waals surface area contributed by atoms with E-state index in [1.165, 1.54) is 16.7 Å². The normalized spacial score (nSPS) is 11.3. The van der Waals surface area contributed by atoms with E-state index < -0.39 is 0 Å². The lowest BCUT2D eigenvalue weighted by Gasteiger charge is -2.20. The summed E-state index contributed by atoms with van der Waals surface area (Å²) in [5.74, 6) is 0. The van der Waals surface area contributed by atoms with Gasteiger partial charge in [-0.1, -0.05) is 107 Å². The van der Waals surface area contributed by atoms with Gasteiger partial charge in [-0.25, -0.2) is 14.0 Å². The van der Waals surface area contributed by atoms with Crippen LogP contribution < -0.4 is 0 Å². The van der Waals surface area contributed by atoms with Crippen molar-refractivity contribution in [1.29, 1.82) is 0 Å². The number of benzene rings is 3. The molecular weight excluding hydrogens is 500 g/mol. The van der Waals surface area contributed by atoms with E-state index in [0.29, 0.717) is 39.3 Å². The Bertz CT molecular complexity index is 1520. The molecule has 0 unspecified atom stereocenters. The smallest absolute Gasteiger partial charge is 0.0967 e. The van der Waals surface area contributed by atoms with Gasteiger partial charge < -0.3 is 0 Å². The van der Waals surface area contributed by atoms with Crippen LogP contribution in [0, 0.1) is 0 Å². The summed E-state index contributed by atoms with van der Waals surface area (Å²) < 4.78 is 5.70. The van der Waals surface area contributed by atoms with Gasteiger partial charge in [0, 0.05) is 19.6 Å². The van der Waals surface area contributed by atoms with Crippen molar-refractivity contribution < 1.29 is 0 Å². The van der Waals surface area contributed by atoms with Gasteiger partial charge >= 0.3 is 0 Å². The minimum Gasteiger partial charge on any atom is -0.286 e. The summed E-state index contributed by atoms with van der Waals surface area (Å²) in [5.41, 5.74) is 6.32. The van der Waals surface area contributed by atoms with E-state index in [4.69, 9.17) is 0 Å². The van der Waals surface area contributed by atoms with Crippen LogP contribution in [0.25, 0.3) is 0 Å². The van der Waals surface area contributed by atoms with Gasteiger partial charge in [0.25, 0.3) is 0 Å². The standard InChI is InChI=1S/C30H30N10/c1-4-10-25(11-5-1)17-38-22-28(32-35-38)20-37(21-29-23-39(36-33-29)18-26-12-6-2-7-13-26)24-30-16-31-34-40(30)19-27-14-8-3-9-15-27/h1-16,22-23H,17-21,24H2. The van der Waals surface area contributed by atoms with Gasteiger partial charge in [0.2, 0.25) is 0 Å². The molecule has 0 radical (unpaired) electrons. The van der Waals surface area contributed by atoms with E-state index in [0.717, 1.165) is 17.1 Å². The molecule has 3 heterocycles. The zero-order chi connectivity index (χ0) is 27.0. The van der Waals surface area contributed by atoms with Crippen LogP contribution in [0.2, 0.25) is 0 Å². The predicted molar refractivity (Wildman–Crippen MR) is 150 cm³/mol. The highest BCUT2D eigenvalue weighted by atomic mass is 15.4.